The lowest BCUT2D eigenvalue weighted by molar-refractivity contribution is 0.381. The monoisotopic (exact) mass is 350 g/mol. The number of piperidine rings is 1. The number of rotatable bonds is 5. The zero-order valence-corrected chi connectivity index (χ0v) is 14.7. The molecule has 1 N–H and O–H groups in total. The molecule has 1 aromatic heterocycles. The summed E-state index contributed by atoms with van der Waals surface area (Å²) in [6.07, 6.45) is 1.40. The lowest BCUT2D eigenvalue weighted by Gasteiger charge is -2.30. The number of nitrogens with one attached hydrogen (secondary N) is 1. The molecular formula is C16H22N4O3S. The van der Waals surface area contributed by atoms with Crippen molar-refractivity contribution in [2.45, 2.75) is 43.5 Å². The lowest BCUT2D eigenvalue weighted by Crippen LogP contribution is -2.44. The van der Waals surface area contributed by atoms with Crippen LogP contribution >= 0.6 is 0 Å². The summed E-state index contributed by atoms with van der Waals surface area (Å²) in [7, 11) is -3.47. The number of hydrogen-bond donors (Lipinski definition) is 1. The van der Waals surface area contributed by atoms with E-state index in [1.54, 1.807) is 30.3 Å². The number of sulfonamides is 1. The van der Waals surface area contributed by atoms with Crippen LogP contribution in [0.25, 0.3) is 0 Å². The van der Waals surface area contributed by atoms with Gasteiger partial charge in [-0.25, -0.2) is 13.1 Å². The van der Waals surface area contributed by atoms with Crippen molar-refractivity contribution in [3.8, 4) is 0 Å². The summed E-state index contributed by atoms with van der Waals surface area (Å²) in [4.78, 5) is 6.69. The molecule has 1 aromatic carbocycles. The molecule has 0 spiro atoms. The van der Waals surface area contributed by atoms with Crippen LogP contribution in [0.15, 0.2) is 39.8 Å². The molecule has 0 radical (unpaired) electrons. The van der Waals surface area contributed by atoms with Crippen LogP contribution in [0, 0.1) is 0 Å². The predicted octanol–water partition coefficient (Wildman–Crippen LogP) is 2.14. The lowest BCUT2D eigenvalue weighted by atomic mass is 10.1. The molecule has 0 atom stereocenters. The van der Waals surface area contributed by atoms with Gasteiger partial charge in [0.2, 0.25) is 10.0 Å². The molecule has 1 aliphatic heterocycles. The van der Waals surface area contributed by atoms with Crippen LogP contribution in [0.1, 0.15) is 38.4 Å². The van der Waals surface area contributed by atoms with Crippen LogP contribution in [-0.4, -0.2) is 37.7 Å². The van der Waals surface area contributed by atoms with E-state index < -0.39 is 10.0 Å². The molecular weight excluding hydrogens is 328 g/mol. The molecule has 0 saturated carbocycles. The van der Waals surface area contributed by atoms with E-state index in [1.807, 2.05) is 18.7 Å². The molecule has 3 rings (SSSR count). The third kappa shape index (κ3) is 3.76. The maximum Gasteiger partial charge on any atom is 0.324 e. The fourth-order valence-corrected chi connectivity index (χ4v) is 3.99. The maximum absolute atomic E-state index is 12.4. The summed E-state index contributed by atoms with van der Waals surface area (Å²) in [5.74, 6) is 0.912. The fraction of sp³-hybridized carbons (Fsp3) is 0.500. The van der Waals surface area contributed by atoms with Crippen molar-refractivity contribution in [3.05, 3.63) is 36.2 Å². The Balaban J connectivity index is 1.59. The molecule has 7 nitrogen and oxygen atoms in total. The van der Waals surface area contributed by atoms with Crippen molar-refractivity contribution in [1.29, 1.82) is 0 Å². The highest BCUT2D eigenvalue weighted by Crippen LogP contribution is 2.21. The van der Waals surface area contributed by atoms with Crippen molar-refractivity contribution in [1.82, 2.24) is 14.9 Å². The Kier molecular flexibility index (Phi) is 4.86. The van der Waals surface area contributed by atoms with Crippen molar-refractivity contribution in [3.63, 3.8) is 0 Å². The van der Waals surface area contributed by atoms with Gasteiger partial charge in [-0.05, 0) is 25.0 Å². The van der Waals surface area contributed by atoms with E-state index in [-0.39, 0.29) is 12.0 Å². The first-order chi connectivity index (χ1) is 11.5. The summed E-state index contributed by atoms with van der Waals surface area (Å²) < 4.78 is 32.8. The first kappa shape index (κ1) is 16.9. The van der Waals surface area contributed by atoms with Gasteiger partial charge in [0, 0.05) is 25.0 Å². The van der Waals surface area contributed by atoms with E-state index in [0.717, 1.165) is 0 Å². The molecule has 1 fully saturated rings. The average molecular weight is 350 g/mol. The second kappa shape index (κ2) is 6.90. The maximum atomic E-state index is 12.4. The summed E-state index contributed by atoms with van der Waals surface area (Å²) >= 11 is 0. The summed E-state index contributed by atoms with van der Waals surface area (Å²) in [5.41, 5.74) is 0. The highest BCUT2D eigenvalue weighted by atomic mass is 32.2. The Morgan fingerprint density at radius 1 is 1.21 bits per heavy atom. The zero-order chi connectivity index (χ0) is 17.2. The predicted molar refractivity (Wildman–Crippen MR) is 90.4 cm³/mol. The van der Waals surface area contributed by atoms with Crippen molar-refractivity contribution < 1.29 is 12.9 Å². The van der Waals surface area contributed by atoms with E-state index in [1.165, 1.54) is 0 Å². The van der Waals surface area contributed by atoms with Crippen molar-refractivity contribution >= 4 is 16.0 Å². The van der Waals surface area contributed by atoms with Gasteiger partial charge in [-0.1, -0.05) is 37.2 Å². The van der Waals surface area contributed by atoms with Gasteiger partial charge in [0.05, 0.1) is 4.90 Å². The number of benzene rings is 1. The highest BCUT2D eigenvalue weighted by molar-refractivity contribution is 7.89. The Morgan fingerprint density at radius 2 is 1.88 bits per heavy atom. The largest absolute Gasteiger partial charge is 0.324 e. The third-order valence-corrected chi connectivity index (χ3v) is 5.62. The Bertz CT molecular complexity index is 766. The molecule has 1 aliphatic rings. The smallest absolute Gasteiger partial charge is 0.324 e. The molecule has 0 bridgehead atoms. The van der Waals surface area contributed by atoms with Gasteiger partial charge < -0.3 is 9.42 Å². The topological polar surface area (TPSA) is 88.3 Å². The standard InChI is InChI=1S/C16H22N4O3S/c1-12(2)15-17-16(23-18-15)20-10-8-13(9-11-20)19-24(21,22)14-6-4-3-5-7-14/h3-7,12-13,19H,8-11H2,1-2H3. The van der Waals surface area contributed by atoms with Gasteiger partial charge in [-0.3, -0.25) is 0 Å². The van der Waals surface area contributed by atoms with Gasteiger partial charge in [0.25, 0.3) is 0 Å². The van der Waals surface area contributed by atoms with Gasteiger partial charge in [0.15, 0.2) is 5.82 Å². The van der Waals surface area contributed by atoms with Crippen LogP contribution in [0.4, 0.5) is 6.01 Å². The molecule has 0 amide bonds. The first-order valence-corrected chi connectivity index (χ1v) is 9.60. The Morgan fingerprint density at radius 3 is 2.46 bits per heavy atom. The van der Waals surface area contributed by atoms with E-state index in [0.29, 0.717) is 42.7 Å². The molecule has 2 heterocycles. The van der Waals surface area contributed by atoms with E-state index in [9.17, 15) is 8.42 Å². The Labute approximate surface area is 142 Å². The SMILES string of the molecule is CC(C)c1noc(N2CCC(NS(=O)(=O)c3ccccc3)CC2)n1. The fourth-order valence-electron chi connectivity index (χ4n) is 2.67. The number of aromatic nitrogens is 2. The quantitative estimate of drug-likeness (QED) is 0.889. The van der Waals surface area contributed by atoms with E-state index in [2.05, 4.69) is 14.9 Å². The molecule has 130 valence electrons. The highest BCUT2D eigenvalue weighted by Gasteiger charge is 2.27. The van der Waals surface area contributed by atoms with Crippen LogP contribution in [-0.2, 0) is 10.0 Å². The van der Waals surface area contributed by atoms with Crippen LogP contribution in [0.2, 0.25) is 0 Å². The minimum atomic E-state index is -3.47. The molecule has 0 unspecified atom stereocenters. The Hall–Kier alpha value is -1.93. The normalized spacial score (nSPS) is 16.7. The van der Waals surface area contributed by atoms with Crippen molar-refractivity contribution in [2.24, 2.45) is 0 Å². The summed E-state index contributed by atoms with van der Waals surface area (Å²) in [6.45, 7) is 5.39. The number of nitrogens with zero attached hydrogens (tertiary/aromatic N) is 3. The second-order valence-corrected chi connectivity index (χ2v) is 8.00. The summed E-state index contributed by atoms with van der Waals surface area (Å²) in [6, 6.07) is 8.87. The third-order valence-electron chi connectivity index (χ3n) is 4.09. The first-order valence-electron chi connectivity index (χ1n) is 8.11. The van der Waals surface area contributed by atoms with Crippen LogP contribution < -0.4 is 9.62 Å². The van der Waals surface area contributed by atoms with Crippen molar-refractivity contribution in [2.75, 3.05) is 18.0 Å². The van der Waals surface area contributed by atoms with Crippen LogP contribution in [0.3, 0.4) is 0 Å². The summed E-state index contributed by atoms with van der Waals surface area (Å²) in [5, 5.41) is 3.97. The zero-order valence-electron chi connectivity index (χ0n) is 13.8. The molecule has 0 aliphatic carbocycles. The van der Waals surface area contributed by atoms with Gasteiger partial charge in [0.1, 0.15) is 0 Å². The number of hydrogen-bond acceptors (Lipinski definition) is 6. The minimum absolute atomic E-state index is 0.0843. The van der Waals surface area contributed by atoms with Crippen LogP contribution in [0.5, 0.6) is 0 Å². The second-order valence-electron chi connectivity index (χ2n) is 6.29. The van der Waals surface area contributed by atoms with Gasteiger partial charge >= 0.3 is 6.01 Å². The van der Waals surface area contributed by atoms with E-state index in [4.69, 9.17) is 4.52 Å². The van der Waals surface area contributed by atoms with Gasteiger partial charge in [-0.15, -0.1) is 0 Å². The van der Waals surface area contributed by atoms with E-state index >= 15 is 0 Å². The molecule has 2 aromatic rings. The average Bonchev–Trinajstić information content (AvgIpc) is 3.06. The van der Waals surface area contributed by atoms with Gasteiger partial charge in [-0.2, -0.15) is 4.98 Å². The molecule has 8 heteroatoms. The minimum Gasteiger partial charge on any atom is -0.324 e. The number of anilines is 1. The molecule has 24 heavy (non-hydrogen) atoms. The molecule has 1 saturated heterocycles.